The van der Waals surface area contributed by atoms with Crippen LogP contribution in [0.2, 0.25) is 0 Å². The summed E-state index contributed by atoms with van der Waals surface area (Å²) in [5.41, 5.74) is 1.46. The van der Waals surface area contributed by atoms with Crippen LogP contribution in [0.3, 0.4) is 0 Å². The molecule has 2 aliphatic rings. The minimum atomic E-state index is 0.0364. The average molecular weight is 463 g/mol. The lowest BCUT2D eigenvalue weighted by Crippen LogP contribution is -2.38. The van der Waals surface area contributed by atoms with Crippen molar-refractivity contribution in [2.45, 2.75) is 52.6 Å². The van der Waals surface area contributed by atoms with Crippen molar-refractivity contribution in [1.82, 2.24) is 9.55 Å². The zero-order valence-electron chi connectivity index (χ0n) is 15.8. The van der Waals surface area contributed by atoms with Gasteiger partial charge in [0.05, 0.1) is 10.9 Å². The summed E-state index contributed by atoms with van der Waals surface area (Å²) in [6.45, 7) is 12.4. The van der Waals surface area contributed by atoms with Crippen LogP contribution in [0.1, 0.15) is 40.0 Å². The first kappa shape index (κ1) is 18.0. The molecule has 2 heterocycles. The highest BCUT2D eigenvalue weighted by Gasteiger charge is 2.50. The summed E-state index contributed by atoms with van der Waals surface area (Å²) in [6.07, 6.45) is 5.35. The molecule has 1 aromatic carbocycles. The number of aromatic nitrogens is 2. The Hall–Kier alpha value is -1.37. The van der Waals surface area contributed by atoms with E-state index in [1.54, 1.807) is 6.08 Å². The second kappa shape index (κ2) is 6.08. The Balaban J connectivity index is 1.89. The molecule has 0 spiro atoms. The van der Waals surface area contributed by atoms with Crippen molar-refractivity contribution in [2.24, 2.45) is 10.8 Å². The molecule has 0 amide bonds. The van der Waals surface area contributed by atoms with Gasteiger partial charge in [-0.25, -0.2) is 4.98 Å². The molecule has 1 saturated carbocycles. The van der Waals surface area contributed by atoms with E-state index in [9.17, 15) is 4.79 Å². The molecule has 1 aliphatic heterocycles. The molecular formula is C21H26IN3O. The lowest BCUT2D eigenvalue weighted by Gasteiger charge is -2.39. The minimum Gasteiger partial charge on any atom is -0.339 e. The van der Waals surface area contributed by atoms with Crippen molar-refractivity contribution in [1.29, 1.82) is 0 Å². The summed E-state index contributed by atoms with van der Waals surface area (Å²) in [4.78, 5) is 20.5. The fourth-order valence-electron chi connectivity index (χ4n) is 5.39. The van der Waals surface area contributed by atoms with Gasteiger partial charge in [0.2, 0.25) is 5.95 Å². The van der Waals surface area contributed by atoms with Gasteiger partial charge in [0, 0.05) is 22.7 Å². The van der Waals surface area contributed by atoms with Crippen molar-refractivity contribution in [2.75, 3.05) is 11.4 Å². The Morgan fingerprint density at radius 2 is 2.12 bits per heavy atom. The predicted octanol–water partition coefficient (Wildman–Crippen LogP) is 4.59. The summed E-state index contributed by atoms with van der Waals surface area (Å²) in [5, 5.41) is 0.691. The van der Waals surface area contributed by atoms with E-state index in [2.05, 4.69) is 54.8 Å². The van der Waals surface area contributed by atoms with Crippen LogP contribution in [0.15, 0.2) is 35.6 Å². The Bertz CT molecular complexity index is 948. The third kappa shape index (κ3) is 2.98. The van der Waals surface area contributed by atoms with E-state index in [4.69, 9.17) is 4.98 Å². The number of fused-ring (bicyclic) bond motifs is 3. The highest BCUT2D eigenvalue weighted by Crippen LogP contribution is 2.53. The molecule has 1 aliphatic carbocycles. The second-order valence-electron chi connectivity index (χ2n) is 9.12. The summed E-state index contributed by atoms with van der Waals surface area (Å²) in [6, 6.07) is 6.37. The Kier molecular flexibility index (Phi) is 4.21. The highest BCUT2D eigenvalue weighted by atomic mass is 127. The van der Waals surface area contributed by atoms with E-state index < -0.39 is 0 Å². The summed E-state index contributed by atoms with van der Waals surface area (Å²) in [5.74, 6) is 0.815. The predicted molar refractivity (Wildman–Crippen MR) is 116 cm³/mol. The largest absolute Gasteiger partial charge is 0.339 e. The van der Waals surface area contributed by atoms with Gasteiger partial charge in [-0.15, -0.1) is 6.58 Å². The van der Waals surface area contributed by atoms with Crippen LogP contribution in [0.25, 0.3) is 10.9 Å². The van der Waals surface area contributed by atoms with Crippen molar-refractivity contribution < 1.29 is 0 Å². The van der Waals surface area contributed by atoms with Crippen molar-refractivity contribution >= 4 is 39.4 Å². The maximum absolute atomic E-state index is 13.2. The lowest BCUT2D eigenvalue weighted by atomic mass is 9.65. The van der Waals surface area contributed by atoms with Gasteiger partial charge in [0.25, 0.3) is 5.56 Å². The zero-order chi connectivity index (χ0) is 18.7. The van der Waals surface area contributed by atoms with E-state index in [1.807, 2.05) is 22.8 Å². The summed E-state index contributed by atoms with van der Waals surface area (Å²) >= 11 is 2.24. The van der Waals surface area contributed by atoms with Gasteiger partial charge < -0.3 is 4.90 Å². The number of allylic oxidation sites excluding steroid dienone is 1. The number of halogens is 1. The Morgan fingerprint density at radius 1 is 1.35 bits per heavy atom. The fraction of sp³-hybridized carbons (Fsp3) is 0.524. The maximum Gasteiger partial charge on any atom is 0.263 e. The number of rotatable bonds is 3. The van der Waals surface area contributed by atoms with E-state index in [0.717, 1.165) is 28.0 Å². The van der Waals surface area contributed by atoms with E-state index in [-0.39, 0.29) is 5.56 Å². The molecule has 2 aromatic rings. The van der Waals surface area contributed by atoms with Gasteiger partial charge in [-0.1, -0.05) is 26.8 Å². The normalized spacial score (nSPS) is 27.1. The monoisotopic (exact) mass is 463 g/mol. The molecule has 1 saturated heterocycles. The number of anilines is 1. The molecular weight excluding hydrogens is 437 g/mol. The van der Waals surface area contributed by atoms with Gasteiger partial charge in [0.15, 0.2) is 0 Å². The average Bonchev–Trinajstić information content (AvgIpc) is 2.79. The van der Waals surface area contributed by atoms with Crippen molar-refractivity contribution in [3.05, 3.63) is 44.8 Å². The zero-order valence-corrected chi connectivity index (χ0v) is 17.9. The van der Waals surface area contributed by atoms with Crippen molar-refractivity contribution in [3.63, 3.8) is 0 Å². The van der Waals surface area contributed by atoms with Crippen LogP contribution >= 0.6 is 22.6 Å². The minimum absolute atomic E-state index is 0.0364. The maximum atomic E-state index is 13.2. The molecule has 1 aromatic heterocycles. The molecule has 0 radical (unpaired) electrons. The smallest absolute Gasteiger partial charge is 0.263 e. The topological polar surface area (TPSA) is 38.1 Å². The lowest BCUT2D eigenvalue weighted by molar-refractivity contribution is 0.136. The molecule has 2 unspecified atom stereocenters. The second-order valence-corrected chi connectivity index (χ2v) is 10.4. The van der Waals surface area contributed by atoms with E-state index in [1.165, 1.54) is 12.8 Å². The van der Waals surface area contributed by atoms with Crippen LogP contribution in [-0.2, 0) is 6.54 Å². The molecule has 5 heteroatoms. The van der Waals surface area contributed by atoms with E-state index in [0.29, 0.717) is 28.8 Å². The van der Waals surface area contributed by atoms with Gasteiger partial charge in [0.1, 0.15) is 0 Å². The van der Waals surface area contributed by atoms with Crippen LogP contribution in [0.5, 0.6) is 0 Å². The van der Waals surface area contributed by atoms with Crippen LogP contribution < -0.4 is 10.5 Å². The Labute approximate surface area is 168 Å². The van der Waals surface area contributed by atoms with Gasteiger partial charge >= 0.3 is 0 Å². The van der Waals surface area contributed by atoms with Crippen LogP contribution in [0, 0.1) is 14.4 Å². The Morgan fingerprint density at radius 3 is 2.85 bits per heavy atom. The van der Waals surface area contributed by atoms with Gasteiger partial charge in [-0.3, -0.25) is 9.36 Å². The number of benzene rings is 1. The molecule has 2 fully saturated rings. The quantitative estimate of drug-likeness (QED) is 0.494. The fourth-order valence-corrected chi connectivity index (χ4v) is 5.88. The highest BCUT2D eigenvalue weighted by molar-refractivity contribution is 14.1. The summed E-state index contributed by atoms with van der Waals surface area (Å²) < 4.78 is 2.86. The molecule has 138 valence electrons. The third-order valence-electron chi connectivity index (χ3n) is 5.88. The van der Waals surface area contributed by atoms with Gasteiger partial charge in [-0.2, -0.15) is 0 Å². The summed E-state index contributed by atoms with van der Waals surface area (Å²) in [7, 11) is 0. The standard InChI is InChI=1S/C21H26IN3O/c1-5-8-24-18(26)16-9-14(22)6-7-17(16)23-19(24)25-13-21(4)11-15(25)10-20(2,3)12-21/h5-7,9,15H,1,8,10-13H2,2-4H3. The number of hydrogen-bond donors (Lipinski definition) is 0. The molecule has 4 nitrogen and oxygen atoms in total. The van der Waals surface area contributed by atoms with Crippen LogP contribution in [-0.4, -0.2) is 22.1 Å². The first-order valence-electron chi connectivity index (χ1n) is 9.29. The third-order valence-corrected chi connectivity index (χ3v) is 6.55. The number of hydrogen-bond acceptors (Lipinski definition) is 3. The molecule has 2 bridgehead atoms. The first-order chi connectivity index (χ1) is 12.2. The van der Waals surface area contributed by atoms with Crippen molar-refractivity contribution in [3.8, 4) is 0 Å². The first-order valence-corrected chi connectivity index (χ1v) is 10.4. The molecule has 2 atom stereocenters. The SMILES string of the molecule is C=CCn1c(N2CC3(C)CC2CC(C)(C)C3)nc2ccc(I)cc2c1=O. The number of nitrogens with zero attached hydrogens (tertiary/aromatic N) is 3. The molecule has 26 heavy (non-hydrogen) atoms. The van der Waals surface area contributed by atoms with Crippen LogP contribution in [0.4, 0.5) is 5.95 Å². The van der Waals surface area contributed by atoms with E-state index >= 15 is 0 Å². The molecule has 0 N–H and O–H groups in total. The van der Waals surface area contributed by atoms with Gasteiger partial charge in [-0.05, 0) is 70.9 Å². The molecule has 4 rings (SSSR count).